The van der Waals surface area contributed by atoms with Gasteiger partial charge in [-0.05, 0) is 55.9 Å². The van der Waals surface area contributed by atoms with Crippen LogP contribution in [0.1, 0.15) is 36.0 Å². The van der Waals surface area contributed by atoms with Crippen molar-refractivity contribution in [2.45, 2.75) is 31.7 Å². The molecule has 1 amide bonds. The van der Waals surface area contributed by atoms with Crippen molar-refractivity contribution in [1.82, 2.24) is 9.88 Å². The van der Waals surface area contributed by atoms with Crippen LogP contribution in [0.15, 0.2) is 36.5 Å². The number of nitrogens with zero attached hydrogens (tertiary/aromatic N) is 2. The van der Waals surface area contributed by atoms with Gasteiger partial charge in [0.15, 0.2) is 0 Å². The van der Waals surface area contributed by atoms with Gasteiger partial charge in [-0.1, -0.05) is 6.07 Å². The standard InChI is InChI=1S/C18H22N2O2/c1-20(16-7-4-13(12-21)5-8-16)18(22)15-6-9-17-14(11-15)3-2-10-19-17/h2-3,6,9-11,13,16,21H,4-5,7-8,12H2,1H3. The molecule has 1 aliphatic carbocycles. The van der Waals surface area contributed by atoms with Crippen LogP contribution in [0.3, 0.4) is 0 Å². The molecular weight excluding hydrogens is 276 g/mol. The molecule has 1 heterocycles. The van der Waals surface area contributed by atoms with Gasteiger partial charge >= 0.3 is 0 Å². The molecule has 1 N–H and O–H groups in total. The first-order valence-corrected chi connectivity index (χ1v) is 7.92. The fourth-order valence-electron chi connectivity index (χ4n) is 3.29. The van der Waals surface area contributed by atoms with Gasteiger partial charge in [-0.2, -0.15) is 0 Å². The number of hydrogen-bond donors (Lipinski definition) is 1. The summed E-state index contributed by atoms with van der Waals surface area (Å²) in [6.45, 7) is 0.266. The van der Waals surface area contributed by atoms with E-state index in [1.54, 1.807) is 6.20 Å². The molecule has 1 aliphatic rings. The Labute approximate surface area is 130 Å². The predicted molar refractivity (Wildman–Crippen MR) is 86.7 cm³/mol. The second-order valence-corrected chi connectivity index (χ2v) is 6.18. The number of fused-ring (bicyclic) bond motifs is 1. The van der Waals surface area contributed by atoms with Crippen LogP contribution in [0.4, 0.5) is 0 Å². The summed E-state index contributed by atoms with van der Waals surface area (Å²) >= 11 is 0. The third-order valence-electron chi connectivity index (χ3n) is 4.79. The van der Waals surface area contributed by atoms with E-state index >= 15 is 0 Å². The zero-order valence-electron chi connectivity index (χ0n) is 12.9. The van der Waals surface area contributed by atoms with Crippen molar-refractivity contribution in [3.05, 3.63) is 42.1 Å². The Morgan fingerprint density at radius 3 is 2.77 bits per heavy atom. The van der Waals surface area contributed by atoms with E-state index in [1.807, 2.05) is 42.3 Å². The van der Waals surface area contributed by atoms with E-state index in [2.05, 4.69) is 4.98 Å². The summed E-state index contributed by atoms with van der Waals surface area (Å²) in [7, 11) is 1.89. The van der Waals surface area contributed by atoms with E-state index < -0.39 is 0 Å². The van der Waals surface area contributed by atoms with Crippen LogP contribution in [0.5, 0.6) is 0 Å². The highest BCUT2D eigenvalue weighted by Crippen LogP contribution is 2.27. The highest BCUT2D eigenvalue weighted by molar-refractivity contribution is 5.97. The van der Waals surface area contributed by atoms with Gasteiger partial charge in [0.05, 0.1) is 5.52 Å². The molecule has 0 unspecified atom stereocenters. The van der Waals surface area contributed by atoms with Gasteiger partial charge < -0.3 is 10.0 Å². The molecule has 22 heavy (non-hydrogen) atoms. The molecule has 1 aromatic heterocycles. The Hall–Kier alpha value is -1.94. The quantitative estimate of drug-likeness (QED) is 0.948. The molecular formula is C18H22N2O2. The first-order chi connectivity index (χ1) is 10.7. The van der Waals surface area contributed by atoms with Gasteiger partial charge in [0.2, 0.25) is 0 Å². The van der Waals surface area contributed by atoms with Crippen LogP contribution in [-0.2, 0) is 0 Å². The zero-order chi connectivity index (χ0) is 15.5. The summed E-state index contributed by atoms with van der Waals surface area (Å²) < 4.78 is 0. The van der Waals surface area contributed by atoms with E-state index in [0.717, 1.165) is 36.6 Å². The molecule has 0 saturated heterocycles. The number of rotatable bonds is 3. The number of aromatic nitrogens is 1. The second-order valence-electron chi connectivity index (χ2n) is 6.18. The predicted octanol–water partition coefficient (Wildman–Crippen LogP) is 2.86. The van der Waals surface area contributed by atoms with E-state index in [4.69, 9.17) is 0 Å². The minimum absolute atomic E-state index is 0.0678. The van der Waals surface area contributed by atoms with Crippen molar-refractivity contribution >= 4 is 16.8 Å². The molecule has 0 spiro atoms. The highest BCUT2D eigenvalue weighted by atomic mass is 16.3. The minimum atomic E-state index is 0.0678. The van der Waals surface area contributed by atoms with Gasteiger partial charge in [0.25, 0.3) is 5.91 Å². The molecule has 0 aliphatic heterocycles. The summed E-state index contributed by atoms with van der Waals surface area (Å²) in [5.41, 5.74) is 1.62. The van der Waals surface area contributed by atoms with Crippen LogP contribution in [0, 0.1) is 5.92 Å². The van der Waals surface area contributed by atoms with Crippen molar-refractivity contribution in [2.75, 3.05) is 13.7 Å². The second kappa shape index (κ2) is 6.44. The van der Waals surface area contributed by atoms with Gasteiger partial charge in [0, 0.05) is 36.8 Å². The van der Waals surface area contributed by atoms with Gasteiger partial charge in [-0.15, -0.1) is 0 Å². The van der Waals surface area contributed by atoms with Crippen LogP contribution < -0.4 is 0 Å². The average Bonchev–Trinajstić information content (AvgIpc) is 2.60. The van der Waals surface area contributed by atoms with E-state index in [9.17, 15) is 9.90 Å². The van der Waals surface area contributed by atoms with Crippen molar-refractivity contribution in [2.24, 2.45) is 5.92 Å². The lowest BCUT2D eigenvalue weighted by atomic mass is 9.86. The Morgan fingerprint density at radius 1 is 1.27 bits per heavy atom. The molecule has 4 nitrogen and oxygen atoms in total. The summed E-state index contributed by atoms with van der Waals surface area (Å²) in [5, 5.41) is 10.2. The van der Waals surface area contributed by atoms with E-state index in [0.29, 0.717) is 11.5 Å². The number of carbonyl (C=O) groups excluding carboxylic acids is 1. The first-order valence-electron chi connectivity index (χ1n) is 7.92. The summed E-state index contributed by atoms with van der Waals surface area (Å²) in [5.74, 6) is 0.477. The molecule has 0 atom stereocenters. The van der Waals surface area contributed by atoms with Crippen LogP contribution >= 0.6 is 0 Å². The van der Waals surface area contributed by atoms with Gasteiger partial charge in [-0.3, -0.25) is 9.78 Å². The number of aliphatic hydroxyl groups is 1. The topological polar surface area (TPSA) is 53.4 Å². The summed E-state index contributed by atoms with van der Waals surface area (Å²) in [6, 6.07) is 9.81. The first kappa shape index (κ1) is 15.0. The largest absolute Gasteiger partial charge is 0.396 e. The number of aliphatic hydroxyl groups excluding tert-OH is 1. The molecule has 1 aromatic carbocycles. The summed E-state index contributed by atoms with van der Waals surface area (Å²) in [6.07, 6.45) is 5.71. The van der Waals surface area contributed by atoms with Crippen LogP contribution in [0.25, 0.3) is 10.9 Å². The Kier molecular flexibility index (Phi) is 4.39. The third kappa shape index (κ3) is 2.97. The van der Waals surface area contributed by atoms with Crippen molar-refractivity contribution in [3.63, 3.8) is 0 Å². The van der Waals surface area contributed by atoms with Crippen LogP contribution in [0.2, 0.25) is 0 Å². The minimum Gasteiger partial charge on any atom is -0.396 e. The maximum absolute atomic E-state index is 12.7. The molecule has 4 heteroatoms. The third-order valence-corrected chi connectivity index (χ3v) is 4.79. The molecule has 1 saturated carbocycles. The lowest BCUT2D eigenvalue weighted by Crippen LogP contribution is -2.39. The monoisotopic (exact) mass is 298 g/mol. The highest BCUT2D eigenvalue weighted by Gasteiger charge is 2.26. The zero-order valence-corrected chi connectivity index (χ0v) is 12.9. The smallest absolute Gasteiger partial charge is 0.253 e. The molecule has 1 fully saturated rings. The number of pyridine rings is 1. The van der Waals surface area contributed by atoms with Gasteiger partial charge in [0.1, 0.15) is 0 Å². The maximum atomic E-state index is 12.7. The average molecular weight is 298 g/mol. The summed E-state index contributed by atoms with van der Waals surface area (Å²) in [4.78, 5) is 18.8. The molecule has 0 bridgehead atoms. The van der Waals surface area contributed by atoms with E-state index in [-0.39, 0.29) is 18.6 Å². The number of carbonyl (C=O) groups is 1. The Bertz CT molecular complexity index is 663. The van der Waals surface area contributed by atoms with Crippen molar-refractivity contribution in [3.8, 4) is 0 Å². The van der Waals surface area contributed by atoms with Crippen molar-refractivity contribution in [1.29, 1.82) is 0 Å². The Morgan fingerprint density at radius 2 is 2.05 bits per heavy atom. The fourth-order valence-corrected chi connectivity index (χ4v) is 3.29. The molecule has 2 aromatic rings. The molecule has 3 rings (SSSR count). The van der Waals surface area contributed by atoms with Gasteiger partial charge in [-0.25, -0.2) is 0 Å². The normalized spacial score (nSPS) is 21.7. The lowest BCUT2D eigenvalue weighted by Gasteiger charge is -2.34. The van der Waals surface area contributed by atoms with Crippen molar-refractivity contribution < 1.29 is 9.90 Å². The van der Waals surface area contributed by atoms with Crippen LogP contribution in [-0.4, -0.2) is 40.6 Å². The number of amides is 1. The Balaban J connectivity index is 1.74. The maximum Gasteiger partial charge on any atom is 0.253 e. The number of hydrogen-bond acceptors (Lipinski definition) is 3. The molecule has 0 radical (unpaired) electrons. The SMILES string of the molecule is CN(C(=O)c1ccc2ncccc2c1)C1CCC(CO)CC1. The molecule has 116 valence electrons. The van der Waals surface area contributed by atoms with E-state index in [1.165, 1.54) is 0 Å². The fraction of sp³-hybridized carbons (Fsp3) is 0.444. The number of benzene rings is 1. The lowest BCUT2D eigenvalue weighted by molar-refractivity contribution is 0.0653.